The third kappa shape index (κ3) is 4.29. The summed E-state index contributed by atoms with van der Waals surface area (Å²) in [5, 5.41) is 0.580. The Bertz CT molecular complexity index is 910. The van der Waals surface area contributed by atoms with E-state index in [2.05, 4.69) is 4.98 Å². The van der Waals surface area contributed by atoms with Crippen LogP contribution in [-0.2, 0) is 17.8 Å². The fourth-order valence-corrected chi connectivity index (χ4v) is 2.82. The van der Waals surface area contributed by atoms with Crippen molar-refractivity contribution < 1.29 is 13.6 Å². The molecule has 0 atom stereocenters. The Morgan fingerprint density at radius 3 is 2.69 bits per heavy atom. The molecule has 6 heteroatoms. The van der Waals surface area contributed by atoms with Gasteiger partial charge < -0.3 is 9.32 Å². The van der Waals surface area contributed by atoms with Crippen LogP contribution in [-0.4, -0.2) is 22.8 Å². The number of carbonyl (C=O) groups is 1. The van der Waals surface area contributed by atoms with Crippen molar-refractivity contribution >= 4 is 17.5 Å². The molecular weight excluding hydrogens is 355 g/mol. The molecule has 3 rings (SSSR count). The van der Waals surface area contributed by atoms with Gasteiger partial charge >= 0.3 is 0 Å². The molecule has 134 valence electrons. The van der Waals surface area contributed by atoms with Gasteiger partial charge in [-0.2, -0.15) is 0 Å². The molecule has 0 spiro atoms. The van der Waals surface area contributed by atoms with Gasteiger partial charge in [-0.25, -0.2) is 9.37 Å². The van der Waals surface area contributed by atoms with Crippen molar-refractivity contribution in [3.63, 3.8) is 0 Å². The standard InChI is InChI=1S/C20H18ClFN2O2/c1-24(13-14-6-2-5-9-17(14)22)20(25)11-10-19-23-12-18(26-19)15-7-3-4-8-16(15)21/h2-9,12H,10-11,13H2,1H3. The van der Waals surface area contributed by atoms with Gasteiger partial charge in [0.25, 0.3) is 0 Å². The van der Waals surface area contributed by atoms with E-state index in [1.807, 2.05) is 18.2 Å². The van der Waals surface area contributed by atoms with E-state index in [1.54, 1.807) is 37.5 Å². The quantitative estimate of drug-likeness (QED) is 0.628. The monoisotopic (exact) mass is 372 g/mol. The Labute approximate surface area is 156 Å². The van der Waals surface area contributed by atoms with E-state index in [0.717, 1.165) is 5.56 Å². The normalized spacial score (nSPS) is 10.7. The summed E-state index contributed by atoms with van der Waals surface area (Å²) in [6.07, 6.45) is 2.20. The number of aromatic nitrogens is 1. The third-order valence-corrected chi connectivity index (χ3v) is 4.37. The first-order valence-corrected chi connectivity index (χ1v) is 8.59. The van der Waals surface area contributed by atoms with Gasteiger partial charge in [0, 0.05) is 37.6 Å². The topological polar surface area (TPSA) is 46.3 Å². The largest absolute Gasteiger partial charge is 0.441 e. The molecule has 0 aliphatic heterocycles. The molecule has 4 nitrogen and oxygen atoms in total. The van der Waals surface area contributed by atoms with Crippen LogP contribution in [0.25, 0.3) is 11.3 Å². The smallest absolute Gasteiger partial charge is 0.223 e. The lowest BCUT2D eigenvalue weighted by Gasteiger charge is -2.17. The molecule has 1 aromatic heterocycles. The van der Waals surface area contributed by atoms with Crippen LogP contribution >= 0.6 is 11.6 Å². The predicted octanol–water partition coefficient (Wildman–Crippen LogP) is 4.73. The molecule has 0 unspecified atom stereocenters. The summed E-state index contributed by atoms with van der Waals surface area (Å²) in [4.78, 5) is 18.0. The molecule has 0 aliphatic rings. The minimum atomic E-state index is -0.316. The van der Waals surface area contributed by atoms with Gasteiger partial charge in [-0.05, 0) is 18.2 Å². The summed E-state index contributed by atoms with van der Waals surface area (Å²) in [6, 6.07) is 13.8. The highest BCUT2D eigenvalue weighted by Gasteiger charge is 2.14. The number of nitrogens with zero attached hydrogens (tertiary/aromatic N) is 2. The highest BCUT2D eigenvalue weighted by Crippen LogP contribution is 2.28. The summed E-state index contributed by atoms with van der Waals surface area (Å²) in [6.45, 7) is 0.224. The Balaban J connectivity index is 1.58. The molecule has 2 aromatic carbocycles. The number of aryl methyl sites for hydroxylation is 1. The van der Waals surface area contributed by atoms with E-state index in [1.165, 1.54) is 11.0 Å². The molecular formula is C20H18ClFN2O2. The number of oxazole rings is 1. The van der Waals surface area contributed by atoms with Crippen LogP contribution < -0.4 is 0 Å². The summed E-state index contributed by atoms with van der Waals surface area (Å²) in [7, 11) is 1.65. The Kier molecular flexibility index (Phi) is 5.68. The van der Waals surface area contributed by atoms with Gasteiger partial charge in [0.05, 0.1) is 11.2 Å². The lowest BCUT2D eigenvalue weighted by Crippen LogP contribution is -2.26. The number of rotatable bonds is 6. The molecule has 1 amide bonds. The van der Waals surface area contributed by atoms with Gasteiger partial charge in [-0.3, -0.25) is 4.79 Å². The lowest BCUT2D eigenvalue weighted by molar-refractivity contribution is -0.130. The summed E-state index contributed by atoms with van der Waals surface area (Å²) < 4.78 is 19.4. The number of hydrogen-bond donors (Lipinski definition) is 0. The maximum Gasteiger partial charge on any atom is 0.223 e. The molecule has 0 saturated heterocycles. The van der Waals surface area contributed by atoms with Gasteiger partial charge in [0.2, 0.25) is 5.91 Å². The molecule has 1 heterocycles. The van der Waals surface area contributed by atoms with Gasteiger partial charge in [-0.1, -0.05) is 41.9 Å². The minimum Gasteiger partial charge on any atom is -0.441 e. The summed E-state index contributed by atoms with van der Waals surface area (Å²) >= 11 is 6.15. The molecule has 0 N–H and O–H groups in total. The first-order valence-electron chi connectivity index (χ1n) is 8.21. The molecule has 26 heavy (non-hydrogen) atoms. The van der Waals surface area contributed by atoms with Crippen LogP contribution in [0.2, 0.25) is 5.02 Å². The Hall–Kier alpha value is -2.66. The van der Waals surface area contributed by atoms with Crippen molar-refractivity contribution in [1.82, 2.24) is 9.88 Å². The molecule has 0 radical (unpaired) electrons. The van der Waals surface area contributed by atoms with Crippen molar-refractivity contribution in [3.05, 3.63) is 77.0 Å². The zero-order valence-corrected chi connectivity index (χ0v) is 15.0. The van der Waals surface area contributed by atoms with Crippen molar-refractivity contribution in [3.8, 4) is 11.3 Å². The molecule has 0 bridgehead atoms. The van der Waals surface area contributed by atoms with Crippen molar-refractivity contribution in [2.24, 2.45) is 0 Å². The Morgan fingerprint density at radius 2 is 1.92 bits per heavy atom. The number of benzene rings is 2. The van der Waals surface area contributed by atoms with Gasteiger partial charge in [-0.15, -0.1) is 0 Å². The van der Waals surface area contributed by atoms with Crippen molar-refractivity contribution in [1.29, 1.82) is 0 Å². The van der Waals surface area contributed by atoms with E-state index in [0.29, 0.717) is 28.7 Å². The average Bonchev–Trinajstić information content (AvgIpc) is 3.10. The van der Waals surface area contributed by atoms with Crippen molar-refractivity contribution in [2.75, 3.05) is 7.05 Å². The lowest BCUT2D eigenvalue weighted by atomic mass is 10.2. The minimum absolute atomic E-state index is 0.106. The second kappa shape index (κ2) is 8.15. The highest BCUT2D eigenvalue weighted by molar-refractivity contribution is 6.33. The summed E-state index contributed by atoms with van der Waals surface area (Å²) in [5.74, 6) is 0.611. The maximum atomic E-state index is 13.7. The first kappa shape index (κ1) is 18.1. The zero-order chi connectivity index (χ0) is 18.5. The van der Waals surface area contributed by atoms with Crippen LogP contribution in [0, 0.1) is 5.82 Å². The fraction of sp³-hybridized carbons (Fsp3) is 0.200. The molecule has 0 fully saturated rings. The van der Waals surface area contributed by atoms with Gasteiger partial charge in [0.15, 0.2) is 11.7 Å². The van der Waals surface area contributed by atoms with E-state index in [9.17, 15) is 9.18 Å². The van der Waals surface area contributed by atoms with E-state index >= 15 is 0 Å². The number of halogens is 2. The van der Waals surface area contributed by atoms with Gasteiger partial charge in [0.1, 0.15) is 5.82 Å². The number of amides is 1. The number of hydrogen-bond acceptors (Lipinski definition) is 3. The predicted molar refractivity (Wildman–Crippen MR) is 98.1 cm³/mol. The van der Waals surface area contributed by atoms with Crippen LogP contribution in [0.3, 0.4) is 0 Å². The van der Waals surface area contributed by atoms with Crippen molar-refractivity contribution in [2.45, 2.75) is 19.4 Å². The number of carbonyl (C=O) groups excluding carboxylic acids is 1. The molecule has 0 aliphatic carbocycles. The van der Waals surface area contributed by atoms with Crippen LogP contribution in [0.5, 0.6) is 0 Å². The van der Waals surface area contributed by atoms with Crippen LogP contribution in [0.4, 0.5) is 4.39 Å². The second-order valence-electron chi connectivity index (χ2n) is 5.94. The highest BCUT2D eigenvalue weighted by atomic mass is 35.5. The van der Waals surface area contributed by atoms with E-state index in [4.69, 9.17) is 16.0 Å². The fourth-order valence-electron chi connectivity index (χ4n) is 2.59. The Morgan fingerprint density at radius 1 is 1.19 bits per heavy atom. The first-order chi connectivity index (χ1) is 12.5. The molecule has 0 saturated carbocycles. The second-order valence-corrected chi connectivity index (χ2v) is 6.35. The van der Waals surface area contributed by atoms with E-state index in [-0.39, 0.29) is 24.7 Å². The van der Waals surface area contributed by atoms with Crippen LogP contribution in [0.1, 0.15) is 17.9 Å². The van der Waals surface area contributed by atoms with E-state index < -0.39 is 0 Å². The maximum absolute atomic E-state index is 13.7. The summed E-state index contributed by atoms with van der Waals surface area (Å²) in [5.41, 5.74) is 1.25. The average molecular weight is 373 g/mol. The molecule has 3 aromatic rings. The SMILES string of the molecule is CN(Cc1ccccc1F)C(=O)CCc1ncc(-c2ccccc2Cl)o1. The third-order valence-electron chi connectivity index (χ3n) is 4.04. The van der Waals surface area contributed by atoms with Crippen LogP contribution in [0.15, 0.2) is 59.1 Å². The zero-order valence-electron chi connectivity index (χ0n) is 14.3.